The van der Waals surface area contributed by atoms with Crippen LogP contribution in [-0.2, 0) is 13.2 Å². The van der Waals surface area contributed by atoms with E-state index in [4.69, 9.17) is 0 Å². The lowest BCUT2D eigenvalue weighted by Crippen LogP contribution is -2.27. The summed E-state index contributed by atoms with van der Waals surface area (Å²) < 4.78 is 0. The van der Waals surface area contributed by atoms with E-state index in [-0.39, 0.29) is 78.7 Å². The Bertz CT molecular complexity index is 2300. The van der Waals surface area contributed by atoms with Gasteiger partial charge in [-0.2, -0.15) is 0 Å². The minimum Gasteiger partial charge on any atom is -0.507 e. The molecule has 0 aliphatic carbocycles. The van der Waals surface area contributed by atoms with Crippen molar-refractivity contribution in [1.29, 1.82) is 0 Å². The molecule has 2 amide bonds. The molecule has 6 rings (SSSR count). The van der Waals surface area contributed by atoms with Crippen molar-refractivity contribution < 1.29 is 50.4 Å². The Morgan fingerprint density at radius 3 is 1.19 bits per heavy atom. The molecule has 16 heteroatoms. The molecule has 0 radical (unpaired) electrons. The van der Waals surface area contributed by atoms with Gasteiger partial charge in [0.05, 0.1) is 35.5 Å². The molecule has 6 aromatic rings. The summed E-state index contributed by atoms with van der Waals surface area (Å²) >= 11 is 0. The van der Waals surface area contributed by atoms with Crippen LogP contribution in [0, 0.1) is 11.8 Å². The molecular weight excluding hydrogens is 676 g/mol. The number of carbonyl (C=O) groups excluding carboxylic acids is 2. The number of hydrogen-bond donors (Lipinski definition) is 10. The smallest absolute Gasteiger partial charge is 0.253 e. The van der Waals surface area contributed by atoms with Crippen LogP contribution in [0.15, 0.2) is 24.3 Å². The maximum absolute atomic E-state index is 13.1. The summed E-state index contributed by atoms with van der Waals surface area (Å²) in [6, 6.07) is 5.08. The maximum atomic E-state index is 13.1. The molecule has 2 heterocycles. The van der Waals surface area contributed by atoms with Gasteiger partial charge in [0.25, 0.3) is 11.8 Å². The van der Waals surface area contributed by atoms with Gasteiger partial charge < -0.3 is 51.5 Å². The molecule has 0 saturated heterocycles. The van der Waals surface area contributed by atoms with E-state index in [1.54, 1.807) is 0 Å². The molecule has 2 aromatic heterocycles. The Balaban J connectivity index is 1.68. The maximum Gasteiger partial charge on any atom is 0.253 e. The van der Waals surface area contributed by atoms with Crippen LogP contribution in [0.2, 0.25) is 0 Å². The Hall–Kier alpha value is -6.26. The van der Waals surface area contributed by atoms with Gasteiger partial charge in [-0.25, -0.2) is 19.9 Å². The number of phenolic OH excluding ortho intramolecular Hbond substituents is 4. The molecule has 0 aliphatic rings. The minimum atomic E-state index is -0.911. The molecule has 270 valence electrons. The number of benzene rings is 4. The first-order valence-corrected chi connectivity index (χ1v) is 16.3. The van der Waals surface area contributed by atoms with E-state index in [0.29, 0.717) is 13.1 Å². The number of hydrogen-bond acceptors (Lipinski definition) is 14. The van der Waals surface area contributed by atoms with E-state index < -0.39 is 70.2 Å². The van der Waals surface area contributed by atoms with Gasteiger partial charge in [-0.1, -0.05) is 27.7 Å². The zero-order valence-electron chi connectivity index (χ0n) is 28.5. The van der Waals surface area contributed by atoms with E-state index in [1.807, 2.05) is 27.7 Å². The number of aliphatic hydroxyl groups excluding tert-OH is 2. The summed E-state index contributed by atoms with van der Waals surface area (Å²) in [5, 5.41) is 94.2. The van der Waals surface area contributed by atoms with Crippen LogP contribution in [0.4, 0.5) is 0 Å². The fraction of sp³-hybridized carbons (Fsp3) is 0.278. The highest BCUT2D eigenvalue weighted by Crippen LogP contribution is 2.54. The number of carbonyl (C=O) groups is 2. The number of nitrogens with one attached hydrogen (secondary N) is 2. The number of aromatic nitrogens is 4. The third-order valence-electron chi connectivity index (χ3n) is 8.54. The van der Waals surface area contributed by atoms with E-state index in [0.717, 1.165) is 0 Å². The largest absolute Gasteiger partial charge is 0.507 e. The van der Waals surface area contributed by atoms with Gasteiger partial charge >= 0.3 is 0 Å². The van der Waals surface area contributed by atoms with Crippen LogP contribution in [0.3, 0.4) is 0 Å². The average Bonchev–Trinajstić information content (AvgIpc) is 3.11. The highest BCUT2D eigenvalue weighted by Gasteiger charge is 2.31. The Morgan fingerprint density at radius 2 is 0.865 bits per heavy atom. The van der Waals surface area contributed by atoms with Gasteiger partial charge in [-0.05, 0) is 36.1 Å². The normalized spacial score (nSPS) is 11.8. The Kier molecular flexibility index (Phi) is 9.21. The molecule has 0 atom stereocenters. The number of nitrogens with zero attached hydrogens (tertiary/aromatic N) is 4. The van der Waals surface area contributed by atoms with Gasteiger partial charge in [0.2, 0.25) is 0 Å². The predicted octanol–water partition coefficient (Wildman–Crippen LogP) is 3.54. The molecule has 0 fully saturated rings. The molecule has 4 aromatic carbocycles. The zero-order chi connectivity index (χ0) is 37.8. The van der Waals surface area contributed by atoms with E-state index in [1.165, 1.54) is 24.3 Å². The van der Waals surface area contributed by atoms with Crippen molar-refractivity contribution in [2.75, 3.05) is 13.1 Å². The molecule has 0 saturated carbocycles. The van der Waals surface area contributed by atoms with Gasteiger partial charge in [-0.3, -0.25) is 9.59 Å². The van der Waals surface area contributed by atoms with E-state index >= 15 is 0 Å². The average molecular weight is 713 g/mol. The lowest BCUT2D eigenvalue weighted by Gasteiger charge is -2.19. The van der Waals surface area contributed by atoms with Crippen molar-refractivity contribution in [1.82, 2.24) is 30.6 Å². The molecule has 52 heavy (non-hydrogen) atoms. The van der Waals surface area contributed by atoms with E-state index in [9.17, 15) is 50.4 Å². The van der Waals surface area contributed by atoms with Crippen LogP contribution >= 0.6 is 0 Å². The second-order valence-electron chi connectivity index (χ2n) is 13.1. The second-order valence-corrected chi connectivity index (χ2v) is 13.1. The first kappa shape index (κ1) is 35.6. The number of aliphatic hydroxyl groups is 2. The molecule has 0 spiro atoms. The van der Waals surface area contributed by atoms with Crippen LogP contribution < -0.4 is 10.6 Å². The quantitative estimate of drug-likeness (QED) is 0.0961. The summed E-state index contributed by atoms with van der Waals surface area (Å²) in [7, 11) is 0. The monoisotopic (exact) mass is 712 g/mol. The number of amides is 2. The van der Waals surface area contributed by atoms with Crippen LogP contribution in [0.5, 0.6) is 34.5 Å². The summed E-state index contributed by atoms with van der Waals surface area (Å²) in [5.74, 6) is -5.13. The minimum absolute atomic E-state index is 0.0139. The highest BCUT2D eigenvalue weighted by atomic mass is 16.3. The third-order valence-corrected chi connectivity index (χ3v) is 8.54. The first-order chi connectivity index (χ1) is 24.7. The van der Waals surface area contributed by atoms with Gasteiger partial charge in [0.15, 0.2) is 11.5 Å². The summed E-state index contributed by atoms with van der Waals surface area (Å²) in [6.07, 6.45) is 0. The standard InChI is InChI=1S/C36H36N6O10/c1-13(2)9-37-35(51)15-5-7-19(45)27-23(15)41-29-25(39-27)17(11-43)31(47)21(33(29)49)22-32(48)18(12-44)26-30(34(22)50)42-24-16(36(52)38-10-14(3)4)6-8-20(46)28(24)40-26/h5-8,13-14,43-50H,9-12H2,1-4H3,(H,37,51)(H,38,52). The molecule has 16 nitrogen and oxygen atoms in total. The van der Waals surface area contributed by atoms with Crippen molar-refractivity contribution >= 4 is 55.9 Å². The van der Waals surface area contributed by atoms with Gasteiger partial charge in [-0.15, -0.1) is 0 Å². The number of phenols is 6. The fourth-order valence-electron chi connectivity index (χ4n) is 5.91. The third kappa shape index (κ3) is 5.76. The second kappa shape index (κ2) is 13.5. The van der Waals surface area contributed by atoms with Gasteiger partial charge in [0, 0.05) is 24.2 Å². The van der Waals surface area contributed by atoms with Crippen molar-refractivity contribution in [3.63, 3.8) is 0 Å². The number of fused-ring (bicyclic) bond motifs is 4. The molecule has 10 N–H and O–H groups in total. The van der Waals surface area contributed by atoms with Crippen molar-refractivity contribution in [2.24, 2.45) is 11.8 Å². The lowest BCUT2D eigenvalue weighted by atomic mass is 9.93. The topological polar surface area (TPSA) is 272 Å². The summed E-state index contributed by atoms with van der Waals surface area (Å²) in [6.45, 7) is 6.39. The van der Waals surface area contributed by atoms with Crippen molar-refractivity contribution in [2.45, 2.75) is 40.9 Å². The summed E-state index contributed by atoms with van der Waals surface area (Å²) in [5.41, 5.74) is -4.00. The SMILES string of the molecule is CC(C)CNC(=O)c1ccc(O)c2nc3c(CO)c(O)c(-c4c(O)c(CO)c5nc6c(O)ccc(C(=O)NCC(C)C)c6nc5c4O)c(O)c3nc12. The predicted molar refractivity (Wildman–Crippen MR) is 189 cm³/mol. The fourth-order valence-corrected chi connectivity index (χ4v) is 5.91. The van der Waals surface area contributed by atoms with Crippen molar-refractivity contribution in [3.05, 3.63) is 46.5 Å². The first-order valence-electron chi connectivity index (χ1n) is 16.3. The van der Waals surface area contributed by atoms with Crippen molar-refractivity contribution in [3.8, 4) is 45.6 Å². The molecule has 0 bridgehead atoms. The zero-order valence-corrected chi connectivity index (χ0v) is 28.5. The van der Waals surface area contributed by atoms with Crippen LogP contribution in [0.1, 0.15) is 59.5 Å². The van der Waals surface area contributed by atoms with Gasteiger partial charge in [0.1, 0.15) is 67.1 Å². The molecule has 0 unspecified atom stereocenters. The lowest BCUT2D eigenvalue weighted by molar-refractivity contribution is 0.0942. The Morgan fingerprint density at radius 1 is 0.519 bits per heavy atom. The Labute approximate surface area is 294 Å². The van der Waals surface area contributed by atoms with Crippen LogP contribution in [-0.4, -0.2) is 85.7 Å². The number of aromatic hydroxyl groups is 6. The van der Waals surface area contributed by atoms with E-state index in [2.05, 4.69) is 30.6 Å². The summed E-state index contributed by atoms with van der Waals surface area (Å²) in [4.78, 5) is 43.8. The molecule has 0 aliphatic heterocycles. The molecular formula is C36H36N6O10. The highest BCUT2D eigenvalue weighted by molar-refractivity contribution is 6.12. The number of rotatable bonds is 9. The van der Waals surface area contributed by atoms with Crippen LogP contribution in [0.25, 0.3) is 55.3 Å².